The Hall–Kier alpha value is -1.14. The van der Waals surface area contributed by atoms with E-state index in [0.29, 0.717) is 12.1 Å². The monoisotopic (exact) mass is 339 g/mol. The molecule has 0 spiro atoms. The highest BCUT2D eigenvalue weighted by molar-refractivity contribution is 7.11. The Morgan fingerprint density at radius 1 is 1.30 bits per heavy atom. The maximum atomic E-state index is 11.8. The summed E-state index contributed by atoms with van der Waals surface area (Å²) in [5.41, 5.74) is -0.439. The molecule has 1 aromatic heterocycles. The van der Waals surface area contributed by atoms with Crippen LogP contribution in [0.25, 0.3) is 0 Å². The minimum atomic E-state index is -0.439. The molecule has 0 bridgehead atoms. The van der Waals surface area contributed by atoms with E-state index in [1.54, 1.807) is 11.3 Å². The maximum Gasteiger partial charge on any atom is 0.407 e. The van der Waals surface area contributed by atoms with Crippen LogP contribution in [0.5, 0.6) is 0 Å². The number of aromatic nitrogens is 1. The first-order valence-corrected chi connectivity index (χ1v) is 9.22. The lowest BCUT2D eigenvalue weighted by molar-refractivity contribution is 0.0489. The maximum absolute atomic E-state index is 11.8. The average Bonchev–Trinajstić information content (AvgIpc) is 2.85. The van der Waals surface area contributed by atoms with Gasteiger partial charge in [-0.3, -0.25) is 0 Å². The van der Waals surface area contributed by atoms with Crippen LogP contribution in [0.1, 0.15) is 69.3 Å². The van der Waals surface area contributed by atoms with E-state index in [1.807, 2.05) is 33.9 Å². The molecular formula is C17H29N3O2S. The highest BCUT2D eigenvalue weighted by Gasteiger charge is 2.25. The topological polar surface area (TPSA) is 63.2 Å². The van der Waals surface area contributed by atoms with Crippen molar-refractivity contribution in [2.24, 2.45) is 0 Å². The Bertz CT molecular complexity index is 516. The fraction of sp³-hybridized carbons (Fsp3) is 0.765. The van der Waals surface area contributed by atoms with Crippen LogP contribution in [0.2, 0.25) is 0 Å². The van der Waals surface area contributed by atoms with Crippen molar-refractivity contribution in [2.45, 2.75) is 84.0 Å². The van der Waals surface area contributed by atoms with Crippen LogP contribution in [0.4, 0.5) is 4.79 Å². The molecule has 0 saturated heterocycles. The van der Waals surface area contributed by atoms with E-state index in [9.17, 15) is 4.79 Å². The molecule has 1 amide bonds. The summed E-state index contributed by atoms with van der Waals surface area (Å²) in [6.07, 6.45) is 5.79. The molecule has 2 rings (SSSR count). The first-order valence-electron chi connectivity index (χ1n) is 8.41. The summed E-state index contributed by atoms with van der Waals surface area (Å²) in [6.45, 7) is 9.88. The molecule has 1 aliphatic carbocycles. The number of carbonyl (C=O) groups is 1. The van der Waals surface area contributed by atoms with E-state index in [0.717, 1.165) is 30.7 Å². The number of rotatable bonds is 4. The van der Waals surface area contributed by atoms with Crippen molar-refractivity contribution < 1.29 is 9.53 Å². The number of nitrogens with zero attached hydrogens (tertiary/aromatic N) is 1. The molecule has 5 nitrogen and oxygen atoms in total. The average molecular weight is 340 g/mol. The first kappa shape index (κ1) is 18.2. The standard InChI is InChI=1S/C17H29N3O2S/c1-11(15-10-18-12(2)23-15)19-13-6-8-14(9-7-13)20-16(21)22-17(3,4)5/h10-11,13-14,19H,6-9H2,1-5H3,(H,20,21)/t11-,13?,14?/m1/s1. The Labute approximate surface area is 143 Å². The SMILES string of the molecule is Cc1ncc([C@@H](C)NC2CCC(NC(=O)OC(C)(C)C)CC2)s1. The smallest absolute Gasteiger partial charge is 0.407 e. The van der Waals surface area contributed by atoms with Gasteiger partial charge in [-0.15, -0.1) is 11.3 Å². The van der Waals surface area contributed by atoms with Crippen molar-refractivity contribution in [3.63, 3.8) is 0 Å². The van der Waals surface area contributed by atoms with Gasteiger partial charge in [0.15, 0.2) is 0 Å². The molecule has 0 aromatic carbocycles. The predicted molar refractivity (Wildman–Crippen MR) is 93.8 cm³/mol. The summed E-state index contributed by atoms with van der Waals surface area (Å²) in [6, 6.07) is 1.06. The molecule has 0 unspecified atom stereocenters. The first-order chi connectivity index (χ1) is 10.7. The van der Waals surface area contributed by atoms with Gasteiger partial charge in [-0.2, -0.15) is 0 Å². The zero-order valence-electron chi connectivity index (χ0n) is 14.8. The van der Waals surface area contributed by atoms with Gasteiger partial charge >= 0.3 is 6.09 Å². The number of ether oxygens (including phenoxy) is 1. The third kappa shape index (κ3) is 6.11. The van der Waals surface area contributed by atoms with E-state index in [4.69, 9.17) is 4.74 Å². The zero-order chi connectivity index (χ0) is 17.0. The molecule has 23 heavy (non-hydrogen) atoms. The van der Waals surface area contributed by atoms with Gasteiger partial charge in [-0.05, 0) is 60.3 Å². The molecule has 6 heteroatoms. The number of hydrogen-bond donors (Lipinski definition) is 2. The Morgan fingerprint density at radius 3 is 2.43 bits per heavy atom. The summed E-state index contributed by atoms with van der Waals surface area (Å²) in [7, 11) is 0. The second-order valence-corrected chi connectivity index (χ2v) is 8.63. The molecule has 1 atom stereocenters. The normalized spacial score (nSPS) is 23.3. The number of carbonyl (C=O) groups excluding carboxylic acids is 1. The molecule has 1 fully saturated rings. The number of alkyl carbamates (subject to hydrolysis) is 1. The summed E-state index contributed by atoms with van der Waals surface area (Å²) in [5.74, 6) is 0. The quantitative estimate of drug-likeness (QED) is 0.872. The lowest BCUT2D eigenvalue weighted by atomic mass is 9.91. The fourth-order valence-electron chi connectivity index (χ4n) is 2.89. The molecule has 1 aliphatic rings. The number of hydrogen-bond acceptors (Lipinski definition) is 5. The third-order valence-electron chi connectivity index (χ3n) is 4.00. The van der Waals surface area contributed by atoms with Gasteiger partial charge in [-0.25, -0.2) is 9.78 Å². The molecule has 0 radical (unpaired) electrons. The minimum Gasteiger partial charge on any atom is -0.444 e. The summed E-state index contributed by atoms with van der Waals surface area (Å²) < 4.78 is 5.32. The predicted octanol–water partition coefficient (Wildman–Crippen LogP) is 3.94. The van der Waals surface area contributed by atoms with Crippen molar-refractivity contribution in [2.75, 3.05) is 0 Å². The second kappa shape index (κ2) is 7.62. The molecule has 1 aromatic rings. The molecule has 1 saturated carbocycles. The molecule has 2 N–H and O–H groups in total. The highest BCUT2D eigenvalue weighted by Crippen LogP contribution is 2.25. The van der Waals surface area contributed by atoms with Crippen LogP contribution in [0, 0.1) is 6.92 Å². The van der Waals surface area contributed by atoms with Gasteiger partial charge in [0, 0.05) is 29.2 Å². The molecule has 1 heterocycles. The molecule has 0 aliphatic heterocycles. The van der Waals surface area contributed by atoms with E-state index >= 15 is 0 Å². The number of nitrogens with one attached hydrogen (secondary N) is 2. The van der Waals surface area contributed by atoms with Crippen LogP contribution >= 0.6 is 11.3 Å². The van der Waals surface area contributed by atoms with Crippen LogP contribution < -0.4 is 10.6 Å². The van der Waals surface area contributed by atoms with Gasteiger partial charge in [0.25, 0.3) is 0 Å². The van der Waals surface area contributed by atoms with Gasteiger partial charge in [0.2, 0.25) is 0 Å². The minimum absolute atomic E-state index is 0.226. The van der Waals surface area contributed by atoms with Crippen molar-refractivity contribution in [3.05, 3.63) is 16.1 Å². The van der Waals surface area contributed by atoms with Crippen LogP contribution in [0.3, 0.4) is 0 Å². The van der Waals surface area contributed by atoms with Crippen molar-refractivity contribution in [1.82, 2.24) is 15.6 Å². The van der Waals surface area contributed by atoms with Crippen molar-refractivity contribution in [1.29, 1.82) is 0 Å². The van der Waals surface area contributed by atoms with Crippen molar-refractivity contribution in [3.8, 4) is 0 Å². The lowest BCUT2D eigenvalue weighted by Crippen LogP contribution is -2.44. The van der Waals surface area contributed by atoms with Crippen molar-refractivity contribution >= 4 is 17.4 Å². The van der Waals surface area contributed by atoms with Gasteiger partial charge in [0.05, 0.1) is 5.01 Å². The third-order valence-corrected chi connectivity index (χ3v) is 5.10. The van der Waals surface area contributed by atoms with E-state index in [2.05, 4.69) is 22.5 Å². The van der Waals surface area contributed by atoms with Crippen LogP contribution in [-0.2, 0) is 4.74 Å². The lowest BCUT2D eigenvalue weighted by Gasteiger charge is -2.32. The summed E-state index contributed by atoms with van der Waals surface area (Å²) in [4.78, 5) is 17.4. The van der Waals surface area contributed by atoms with E-state index in [1.165, 1.54) is 4.88 Å². The molecular weight excluding hydrogens is 310 g/mol. The van der Waals surface area contributed by atoms with Gasteiger partial charge in [-0.1, -0.05) is 0 Å². The Balaban J connectivity index is 1.72. The fourth-order valence-corrected chi connectivity index (χ4v) is 3.69. The van der Waals surface area contributed by atoms with E-state index < -0.39 is 5.60 Å². The Kier molecular flexibility index (Phi) is 6.03. The summed E-state index contributed by atoms with van der Waals surface area (Å²) >= 11 is 1.75. The van der Waals surface area contributed by atoms with Crippen LogP contribution in [-0.4, -0.2) is 28.8 Å². The second-order valence-electron chi connectivity index (χ2n) is 7.36. The molecule has 130 valence electrons. The summed E-state index contributed by atoms with van der Waals surface area (Å²) in [5, 5.41) is 7.78. The number of amides is 1. The highest BCUT2D eigenvalue weighted by atomic mass is 32.1. The number of aryl methyl sites for hydroxylation is 1. The van der Waals surface area contributed by atoms with Crippen LogP contribution in [0.15, 0.2) is 6.20 Å². The van der Waals surface area contributed by atoms with Gasteiger partial charge < -0.3 is 15.4 Å². The number of thiazole rings is 1. The van der Waals surface area contributed by atoms with Gasteiger partial charge in [0.1, 0.15) is 5.60 Å². The largest absolute Gasteiger partial charge is 0.444 e. The Morgan fingerprint density at radius 2 is 1.91 bits per heavy atom. The van der Waals surface area contributed by atoms with E-state index in [-0.39, 0.29) is 12.1 Å². The zero-order valence-corrected chi connectivity index (χ0v) is 15.6.